The number of carbonyl (C=O) groups excluding carboxylic acids is 1. The zero-order valence-electron chi connectivity index (χ0n) is 19.2. The fourth-order valence-electron chi connectivity index (χ4n) is 3.66. The molecule has 0 bridgehead atoms. The summed E-state index contributed by atoms with van der Waals surface area (Å²) in [7, 11) is 3.16. The molecule has 0 aromatic carbocycles. The number of likely N-dealkylation sites (N-methyl/N-ethyl adjacent to an activating group) is 1. The van der Waals surface area contributed by atoms with Crippen molar-refractivity contribution in [3.8, 4) is 0 Å². The fraction of sp³-hybridized carbons (Fsp3) is 0.318. The molecule has 1 aliphatic rings. The van der Waals surface area contributed by atoms with E-state index in [4.69, 9.17) is 4.74 Å². The molecule has 1 aliphatic heterocycles. The molecule has 1 amide bonds. The maximum Gasteiger partial charge on any atom is 0.433 e. The molecular formula is C22H23F3N8O2. The third-order valence-electron chi connectivity index (χ3n) is 5.41. The van der Waals surface area contributed by atoms with Crippen LogP contribution < -0.4 is 15.5 Å². The van der Waals surface area contributed by atoms with Gasteiger partial charge in [0, 0.05) is 25.4 Å². The molecule has 4 rings (SSSR count). The van der Waals surface area contributed by atoms with Gasteiger partial charge >= 0.3 is 6.18 Å². The van der Waals surface area contributed by atoms with Gasteiger partial charge in [-0.05, 0) is 19.1 Å². The van der Waals surface area contributed by atoms with E-state index < -0.39 is 17.9 Å². The van der Waals surface area contributed by atoms with E-state index in [1.54, 1.807) is 31.3 Å². The van der Waals surface area contributed by atoms with Crippen molar-refractivity contribution < 1.29 is 22.7 Å². The highest BCUT2D eigenvalue weighted by Gasteiger charge is 2.36. The van der Waals surface area contributed by atoms with Crippen LogP contribution in [0.4, 0.5) is 30.6 Å². The van der Waals surface area contributed by atoms with E-state index in [2.05, 4.69) is 37.3 Å². The van der Waals surface area contributed by atoms with Crippen molar-refractivity contribution in [2.24, 2.45) is 0 Å². The molecule has 2 N–H and O–H groups in total. The average molecular weight is 488 g/mol. The van der Waals surface area contributed by atoms with Crippen LogP contribution in [0.2, 0.25) is 0 Å². The summed E-state index contributed by atoms with van der Waals surface area (Å²) in [5, 5.41) is 10.1. The number of fused-ring (bicyclic) bond motifs is 1. The molecule has 3 aromatic heterocycles. The Labute approximate surface area is 198 Å². The predicted octanol–water partition coefficient (Wildman–Crippen LogP) is 2.97. The fourth-order valence-corrected chi connectivity index (χ4v) is 3.66. The number of nitrogens with one attached hydrogen (secondary N) is 2. The SMILES string of the molecule is C=C(OC)[C@H]1C(=O)Nc2c(C)nc(NCc3cnn(Cc4cccc(C(F)(F)F)n4)c3)nc2N1C. The predicted molar refractivity (Wildman–Crippen MR) is 122 cm³/mol. The van der Waals surface area contributed by atoms with E-state index in [-0.39, 0.29) is 23.9 Å². The maximum absolute atomic E-state index is 12.9. The summed E-state index contributed by atoms with van der Waals surface area (Å²) < 4.78 is 45.3. The van der Waals surface area contributed by atoms with Crippen LogP contribution in [0, 0.1) is 6.92 Å². The molecule has 4 heterocycles. The van der Waals surface area contributed by atoms with E-state index in [1.165, 1.54) is 23.9 Å². The van der Waals surface area contributed by atoms with Gasteiger partial charge in [0.1, 0.15) is 17.1 Å². The number of methoxy groups -OCH3 is 1. The number of pyridine rings is 1. The van der Waals surface area contributed by atoms with Gasteiger partial charge in [-0.15, -0.1) is 0 Å². The summed E-state index contributed by atoms with van der Waals surface area (Å²) in [6.07, 6.45) is -1.21. The van der Waals surface area contributed by atoms with Crippen molar-refractivity contribution in [2.75, 3.05) is 29.7 Å². The first-order chi connectivity index (χ1) is 16.6. The molecule has 0 saturated carbocycles. The Bertz CT molecular complexity index is 1270. The van der Waals surface area contributed by atoms with Crippen LogP contribution in [0.5, 0.6) is 0 Å². The minimum Gasteiger partial charge on any atom is -0.499 e. The molecular weight excluding hydrogens is 465 g/mol. The number of hydrogen-bond acceptors (Lipinski definition) is 8. The third kappa shape index (κ3) is 5.03. The summed E-state index contributed by atoms with van der Waals surface area (Å²) in [5.74, 6) is 0.832. The van der Waals surface area contributed by atoms with Gasteiger partial charge in [-0.1, -0.05) is 12.6 Å². The summed E-state index contributed by atoms with van der Waals surface area (Å²) >= 11 is 0. The number of aryl methyl sites for hydroxylation is 1. The Hall–Kier alpha value is -4.16. The lowest BCUT2D eigenvalue weighted by atomic mass is 10.1. The number of hydrogen-bond donors (Lipinski definition) is 2. The Morgan fingerprint density at radius 2 is 2.06 bits per heavy atom. The van der Waals surface area contributed by atoms with Crippen LogP contribution in [-0.4, -0.2) is 50.8 Å². The smallest absolute Gasteiger partial charge is 0.433 e. The number of anilines is 3. The zero-order chi connectivity index (χ0) is 25.3. The Balaban J connectivity index is 1.46. The molecule has 1 atom stereocenters. The largest absolute Gasteiger partial charge is 0.499 e. The molecule has 0 fully saturated rings. The minimum atomic E-state index is -4.50. The molecule has 13 heteroatoms. The van der Waals surface area contributed by atoms with E-state index in [1.807, 2.05) is 0 Å². The van der Waals surface area contributed by atoms with Gasteiger partial charge in [-0.25, -0.2) is 9.97 Å². The van der Waals surface area contributed by atoms with E-state index >= 15 is 0 Å². The van der Waals surface area contributed by atoms with Gasteiger partial charge in [-0.2, -0.15) is 23.3 Å². The summed E-state index contributed by atoms with van der Waals surface area (Å²) in [5.41, 5.74) is 1.15. The van der Waals surface area contributed by atoms with Crippen molar-refractivity contribution in [3.63, 3.8) is 0 Å². The zero-order valence-corrected chi connectivity index (χ0v) is 19.2. The molecule has 0 saturated heterocycles. The topological polar surface area (TPSA) is 110 Å². The van der Waals surface area contributed by atoms with Gasteiger partial charge in [0.25, 0.3) is 5.91 Å². The van der Waals surface area contributed by atoms with Gasteiger partial charge in [0.2, 0.25) is 5.95 Å². The second kappa shape index (κ2) is 9.24. The summed E-state index contributed by atoms with van der Waals surface area (Å²) in [6, 6.07) is 3.02. The van der Waals surface area contributed by atoms with Gasteiger partial charge < -0.3 is 20.3 Å². The lowest BCUT2D eigenvalue weighted by Gasteiger charge is -2.34. The van der Waals surface area contributed by atoms with E-state index in [0.717, 1.165) is 11.6 Å². The van der Waals surface area contributed by atoms with Crippen molar-refractivity contribution in [3.05, 3.63) is 65.6 Å². The number of carbonyl (C=O) groups is 1. The molecule has 3 aromatic rings. The van der Waals surface area contributed by atoms with Gasteiger partial charge in [0.05, 0.1) is 31.2 Å². The highest BCUT2D eigenvalue weighted by molar-refractivity contribution is 6.04. The maximum atomic E-state index is 12.9. The van der Waals surface area contributed by atoms with Crippen LogP contribution in [-0.2, 0) is 28.8 Å². The quantitative estimate of drug-likeness (QED) is 0.489. The number of aromatic nitrogens is 5. The van der Waals surface area contributed by atoms with E-state index in [0.29, 0.717) is 29.7 Å². The Morgan fingerprint density at radius 3 is 2.77 bits per heavy atom. The molecule has 0 radical (unpaired) electrons. The number of nitrogens with zero attached hydrogens (tertiary/aromatic N) is 6. The standard InChI is InChI=1S/C22H23F3N8O2/c1-12-17-19(32(3)18(13(2)35-4)20(34)30-17)31-21(28-12)26-8-14-9-27-33(10-14)11-15-6-5-7-16(29-15)22(23,24)25/h5-7,9-10,18H,2,8,11H2,1,3-4H3,(H,30,34)(H,26,28,31)/t18-/m0/s1. The van der Waals surface area contributed by atoms with Crippen LogP contribution in [0.3, 0.4) is 0 Å². The molecule has 35 heavy (non-hydrogen) atoms. The van der Waals surface area contributed by atoms with Gasteiger partial charge in [-0.3, -0.25) is 9.48 Å². The first kappa shape index (κ1) is 24.0. The molecule has 0 unspecified atom stereocenters. The van der Waals surface area contributed by atoms with Gasteiger partial charge in [0.15, 0.2) is 11.9 Å². The number of alkyl halides is 3. The Morgan fingerprint density at radius 1 is 1.29 bits per heavy atom. The summed E-state index contributed by atoms with van der Waals surface area (Å²) in [6.45, 7) is 5.95. The van der Waals surface area contributed by atoms with Crippen molar-refractivity contribution >= 4 is 23.4 Å². The highest BCUT2D eigenvalue weighted by atomic mass is 19.4. The first-order valence-corrected chi connectivity index (χ1v) is 10.5. The number of amides is 1. The summed E-state index contributed by atoms with van der Waals surface area (Å²) in [4.78, 5) is 26.7. The molecule has 0 aliphatic carbocycles. The first-order valence-electron chi connectivity index (χ1n) is 10.5. The van der Waals surface area contributed by atoms with Crippen LogP contribution >= 0.6 is 0 Å². The number of halogens is 3. The molecule has 0 spiro atoms. The minimum absolute atomic E-state index is 0.0909. The monoisotopic (exact) mass is 488 g/mol. The second-order valence-corrected chi connectivity index (χ2v) is 7.92. The average Bonchev–Trinajstić information content (AvgIpc) is 3.25. The Kier molecular flexibility index (Phi) is 6.33. The second-order valence-electron chi connectivity index (χ2n) is 7.92. The van der Waals surface area contributed by atoms with Crippen molar-refractivity contribution in [1.29, 1.82) is 0 Å². The highest BCUT2D eigenvalue weighted by Crippen LogP contribution is 2.34. The van der Waals surface area contributed by atoms with Crippen LogP contribution in [0.25, 0.3) is 0 Å². The molecule has 184 valence electrons. The lowest BCUT2D eigenvalue weighted by Crippen LogP contribution is -2.48. The van der Waals surface area contributed by atoms with E-state index in [9.17, 15) is 18.0 Å². The number of rotatable bonds is 7. The number of ether oxygens (including phenoxy) is 1. The van der Waals surface area contributed by atoms with Crippen molar-refractivity contribution in [2.45, 2.75) is 32.2 Å². The lowest BCUT2D eigenvalue weighted by molar-refractivity contribution is -0.141. The normalized spacial score (nSPS) is 15.4. The van der Waals surface area contributed by atoms with Crippen LogP contribution in [0.1, 0.15) is 22.6 Å². The van der Waals surface area contributed by atoms with Crippen molar-refractivity contribution in [1.82, 2.24) is 24.7 Å². The van der Waals surface area contributed by atoms with Crippen LogP contribution in [0.15, 0.2) is 42.9 Å². The third-order valence-corrected chi connectivity index (χ3v) is 5.41. The molecule has 10 nitrogen and oxygen atoms in total.